The molecule has 0 fully saturated rings. The fourth-order valence-electron chi connectivity index (χ4n) is 3.91. The Morgan fingerprint density at radius 2 is 2.08 bits per heavy atom. The number of hydrogen-bond donors (Lipinski definition) is 3. The molecule has 1 atom stereocenters. The van der Waals surface area contributed by atoms with E-state index in [1.165, 1.54) is 7.05 Å². The van der Waals surface area contributed by atoms with Crippen LogP contribution in [0, 0.1) is 11.8 Å². The number of imidazole rings is 1. The van der Waals surface area contributed by atoms with Crippen molar-refractivity contribution in [2.45, 2.75) is 38.8 Å². The molecule has 1 aromatic carbocycles. The van der Waals surface area contributed by atoms with E-state index in [2.05, 4.69) is 32.4 Å². The summed E-state index contributed by atoms with van der Waals surface area (Å²) in [5, 5.41) is 16.3. The van der Waals surface area contributed by atoms with Crippen LogP contribution in [0.5, 0.6) is 5.75 Å². The number of rotatable bonds is 6. The summed E-state index contributed by atoms with van der Waals surface area (Å²) < 4.78 is 7.62. The largest absolute Gasteiger partial charge is 0.491 e. The monoisotopic (exact) mass is 487 g/mol. The highest BCUT2D eigenvalue weighted by Crippen LogP contribution is 2.34. The van der Waals surface area contributed by atoms with Gasteiger partial charge in [0.05, 0.1) is 17.8 Å². The molecule has 1 unspecified atom stereocenters. The average molecular weight is 488 g/mol. The molecule has 186 valence electrons. The highest BCUT2D eigenvalue weighted by molar-refractivity contribution is 6.06. The second-order valence-corrected chi connectivity index (χ2v) is 8.57. The first kappa shape index (κ1) is 24.9. The van der Waals surface area contributed by atoms with E-state index < -0.39 is 17.4 Å². The standard InChI is InChI=1S/C27H29N5O4/c1-4-5-13-30-25(33)22-23(26(34)28-3)32-15-16-36-20-10-9-18(17-19(20)24(32)31-22)11-12-27(2,35)21-8-6-7-14-29-21/h6-10,14,17,35H,4-5,13,15-16H2,1-3H3,(H,28,34)(H,30,33). The normalized spacial score (nSPS) is 13.6. The van der Waals surface area contributed by atoms with Crippen molar-refractivity contribution in [3.63, 3.8) is 0 Å². The van der Waals surface area contributed by atoms with E-state index in [0.717, 1.165) is 12.8 Å². The van der Waals surface area contributed by atoms with Crippen LogP contribution in [0.25, 0.3) is 11.4 Å². The molecule has 0 spiro atoms. The lowest BCUT2D eigenvalue weighted by molar-refractivity contribution is 0.0914. The van der Waals surface area contributed by atoms with Gasteiger partial charge in [-0.25, -0.2) is 4.98 Å². The molecule has 3 heterocycles. The van der Waals surface area contributed by atoms with Gasteiger partial charge >= 0.3 is 0 Å². The zero-order valence-electron chi connectivity index (χ0n) is 20.6. The number of aromatic nitrogens is 3. The lowest BCUT2D eigenvalue weighted by atomic mass is 10.0. The van der Waals surface area contributed by atoms with Gasteiger partial charge in [0.2, 0.25) is 0 Å². The van der Waals surface area contributed by atoms with Gasteiger partial charge in [-0.3, -0.25) is 14.6 Å². The van der Waals surface area contributed by atoms with E-state index >= 15 is 0 Å². The van der Waals surface area contributed by atoms with Crippen LogP contribution in [-0.4, -0.2) is 51.7 Å². The smallest absolute Gasteiger partial charge is 0.272 e. The van der Waals surface area contributed by atoms with Gasteiger partial charge < -0.3 is 25.0 Å². The predicted molar refractivity (Wildman–Crippen MR) is 134 cm³/mol. The van der Waals surface area contributed by atoms with Gasteiger partial charge in [0.15, 0.2) is 11.3 Å². The molecule has 0 saturated heterocycles. The number of ether oxygens (including phenoxy) is 1. The first-order valence-corrected chi connectivity index (χ1v) is 11.9. The van der Waals surface area contributed by atoms with Gasteiger partial charge in [0.1, 0.15) is 23.9 Å². The Labute approximate surface area is 209 Å². The Hall–Kier alpha value is -4.16. The third-order valence-electron chi connectivity index (χ3n) is 5.85. The van der Waals surface area contributed by atoms with Crippen molar-refractivity contribution in [1.82, 2.24) is 25.2 Å². The summed E-state index contributed by atoms with van der Waals surface area (Å²) in [5.41, 5.74) is 0.476. The maximum absolute atomic E-state index is 12.9. The van der Waals surface area contributed by atoms with Crippen molar-refractivity contribution in [3.05, 3.63) is 65.2 Å². The van der Waals surface area contributed by atoms with Crippen LogP contribution in [0.2, 0.25) is 0 Å². The van der Waals surface area contributed by atoms with E-state index in [1.807, 2.05) is 6.92 Å². The Kier molecular flexibility index (Phi) is 7.36. The SMILES string of the molecule is CCCCNC(=O)c1nc2n(c1C(=O)NC)CCOc1ccc(C#CC(C)(O)c3ccccn3)cc1-2. The molecular weight excluding hydrogens is 458 g/mol. The maximum Gasteiger partial charge on any atom is 0.272 e. The summed E-state index contributed by atoms with van der Waals surface area (Å²) in [4.78, 5) is 34.5. The van der Waals surface area contributed by atoms with Gasteiger partial charge in [-0.15, -0.1) is 0 Å². The quantitative estimate of drug-likeness (QED) is 0.363. The van der Waals surface area contributed by atoms with Crippen LogP contribution >= 0.6 is 0 Å². The Balaban J connectivity index is 1.77. The topological polar surface area (TPSA) is 118 Å². The van der Waals surface area contributed by atoms with Crippen molar-refractivity contribution in [2.24, 2.45) is 0 Å². The highest BCUT2D eigenvalue weighted by atomic mass is 16.5. The van der Waals surface area contributed by atoms with Crippen molar-refractivity contribution >= 4 is 11.8 Å². The van der Waals surface area contributed by atoms with Gasteiger partial charge in [-0.1, -0.05) is 31.3 Å². The lowest BCUT2D eigenvalue weighted by Crippen LogP contribution is -2.30. The number of carbonyl (C=O) groups excluding carboxylic acids is 2. The van der Waals surface area contributed by atoms with E-state index in [0.29, 0.717) is 48.1 Å². The van der Waals surface area contributed by atoms with Crippen molar-refractivity contribution in [3.8, 4) is 29.0 Å². The van der Waals surface area contributed by atoms with E-state index in [9.17, 15) is 14.7 Å². The van der Waals surface area contributed by atoms with Crippen LogP contribution in [0.15, 0.2) is 42.6 Å². The molecule has 3 N–H and O–H groups in total. The fraction of sp³-hybridized carbons (Fsp3) is 0.333. The summed E-state index contributed by atoms with van der Waals surface area (Å²) in [5.74, 6) is 6.10. The molecular formula is C27H29N5O4. The molecule has 4 rings (SSSR count). The summed E-state index contributed by atoms with van der Waals surface area (Å²) in [6, 6.07) is 10.6. The van der Waals surface area contributed by atoms with Gasteiger partial charge in [-0.2, -0.15) is 0 Å². The summed E-state index contributed by atoms with van der Waals surface area (Å²) in [6.07, 6.45) is 3.37. The zero-order chi connectivity index (χ0) is 25.7. The van der Waals surface area contributed by atoms with E-state index in [1.54, 1.807) is 54.1 Å². The number of pyridine rings is 1. The molecule has 0 aliphatic carbocycles. The third-order valence-corrected chi connectivity index (χ3v) is 5.85. The van der Waals surface area contributed by atoms with Crippen LogP contribution in [0.1, 0.15) is 58.9 Å². The van der Waals surface area contributed by atoms with Crippen LogP contribution < -0.4 is 15.4 Å². The number of benzene rings is 1. The Morgan fingerprint density at radius 3 is 2.81 bits per heavy atom. The number of amides is 2. The van der Waals surface area contributed by atoms with Gasteiger partial charge in [-0.05, 0) is 43.7 Å². The molecule has 1 aliphatic heterocycles. The minimum atomic E-state index is -1.45. The number of carbonyl (C=O) groups is 2. The minimum absolute atomic E-state index is 0.0721. The Morgan fingerprint density at radius 1 is 1.25 bits per heavy atom. The lowest BCUT2D eigenvalue weighted by Gasteiger charge is -2.15. The number of fused-ring (bicyclic) bond motifs is 3. The van der Waals surface area contributed by atoms with Crippen molar-refractivity contribution in [1.29, 1.82) is 0 Å². The molecule has 2 amide bonds. The molecule has 2 aromatic heterocycles. The molecule has 3 aromatic rings. The van der Waals surface area contributed by atoms with Crippen LogP contribution in [-0.2, 0) is 12.1 Å². The summed E-state index contributed by atoms with van der Waals surface area (Å²) >= 11 is 0. The highest BCUT2D eigenvalue weighted by Gasteiger charge is 2.30. The second-order valence-electron chi connectivity index (χ2n) is 8.57. The third kappa shape index (κ3) is 5.09. The molecule has 0 saturated carbocycles. The first-order chi connectivity index (χ1) is 17.4. The molecule has 9 nitrogen and oxygen atoms in total. The fourth-order valence-corrected chi connectivity index (χ4v) is 3.91. The number of nitrogens with one attached hydrogen (secondary N) is 2. The number of hydrogen-bond acceptors (Lipinski definition) is 6. The van der Waals surface area contributed by atoms with Crippen molar-refractivity contribution < 1.29 is 19.4 Å². The summed E-state index contributed by atoms with van der Waals surface area (Å²) in [6.45, 7) is 4.77. The van der Waals surface area contributed by atoms with Crippen LogP contribution in [0.3, 0.4) is 0 Å². The first-order valence-electron chi connectivity index (χ1n) is 11.9. The average Bonchev–Trinajstić information content (AvgIpc) is 3.18. The number of unbranched alkanes of at least 4 members (excludes halogenated alkanes) is 1. The van der Waals surface area contributed by atoms with Gasteiger partial charge in [0.25, 0.3) is 11.8 Å². The molecule has 0 bridgehead atoms. The maximum atomic E-state index is 12.9. The number of nitrogens with zero attached hydrogens (tertiary/aromatic N) is 3. The zero-order valence-corrected chi connectivity index (χ0v) is 20.6. The van der Waals surface area contributed by atoms with Gasteiger partial charge in [0, 0.05) is 25.4 Å². The minimum Gasteiger partial charge on any atom is -0.491 e. The number of aliphatic hydroxyl groups is 1. The summed E-state index contributed by atoms with van der Waals surface area (Å²) in [7, 11) is 1.52. The molecule has 0 radical (unpaired) electrons. The van der Waals surface area contributed by atoms with E-state index in [-0.39, 0.29) is 11.4 Å². The molecule has 1 aliphatic rings. The molecule has 9 heteroatoms. The predicted octanol–water partition coefficient (Wildman–Crippen LogP) is 2.49. The van der Waals surface area contributed by atoms with Crippen molar-refractivity contribution in [2.75, 3.05) is 20.2 Å². The molecule has 36 heavy (non-hydrogen) atoms. The second kappa shape index (κ2) is 10.6. The van der Waals surface area contributed by atoms with E-state index in [4.69, 9.17) is 4.74 Å². The van der Waals surface area contributed by atoms with Crippen LogP contribution in [0.4, 0.5) is 0 Å². The Bertz CT molecular complexity index is 1340.